The van der Waals surface area contributed by atoms with Gasteiger partial charge in [0.05, 0.1) is 6.10 Å². The molecule has 0 aliphatic carbocycles. The van der Waals surface area contributed by atoms with E-state index in [1.54, 1.807) is 6.92 Å². The van der Waals surface area contributed by atoms with Gasteiger partial charge in [-0.2, -0.15) is 0 Å². The predicted octanol–water partition coefficient (Wildman–Crippen LogP) is 2.62. The van der Waals surface area contributed by atoms with Crippen LogP contribution in [0, 0.1) is 0 Å². The lowest BCUT2D eigenvalue weighted by molar-refractivity contribution is -0.0465. The van der Waals surface area contributed by atoms with E-state index in [1.165, 1.54) is 0 Å². The second-order valence-corrected chi connectivity index (χ2v) is 4.06. The van der Waals surface area contributed by atoms with Gasteiger partial charge in [-0.25, -0.2) is 0 Å². The zero-order valence-corrected chi connectivity index (χ0v) is 10.7. The van der Waals surface area contributed by atoms with Crippen LogP contribution in [0.15, 0.2) is 30.3 Å². The van der Waals surface area contributed by atoms with E-state index in [1.807, 2.05) is 30.3 Å². The highest BCUT2D eigenvalue weighted by Crippen LogP contribution is 2.09. The molecule has 0 aliphatic heterocycles. The van der Waals surface area contributed by atoms with Crippen LogP contribution in [-0.4, -0.2) is 21.6 Å². The Morgan fingerprint density at radius 3 is 1.94 bits per heavy atom. The summed E-state index contributed by atoms with van der Waals surface area (Å²) in [6, 6.07) is 9.59. The highest BCUT2D eigenvalue weighted by molar-refractivity contribution is 5.16. The Bertz CT molecular complexity index is 257. The number of rotatable bonds is 5. The third-order valence-electron chi connectivity index (χ3n) is 2.35. The summed E-state index contributed by atoms with van der Waals surface area (Å²) in [6.45, 7) is 3.85. The Morgan fingerprint density at radius 2 is 1.59 bits per heavy atom. The molecular weight excluding hydrogens is 216 g/mol. The fourth-order valence-corrected chi connectivity index (χ4v) is 1.31. The second kappa shape index (κ2) is 10.3. The van der Waals surface area contributed by atoms with E-state index in [4.69, 9.17) is 15.3 Å². The van der Waals surface area contributed by atoms with Gasteiger partial charge in [0.2, 0.25) is 0 Å². The Morgan fingerprint density at radius 1 is 1.00 bits per heavy atom. The van der Waals surface area contributed by atoms with Gasteiger partial charge in [-0.15, -0.1) is 0 Å². The second-order valence-electron chi connectivity index (χ2n) is 4.06. The molecule has 0 amide bonds. The number of aliphatic hydroxyl groups excluding tert-OH is 2. The molecule has 0 aliphatic rings. The first-order valence-electron chi connectivity index (χ1n) is 6.17. The standard InChI is InChI=1S/C8H10O.C6H14O2/c1-7(9)8-5-3-2-4-6-8;1-2-3-4-5-6(7)8/h2-7,9H,1H3;6-8H,2-5H2,1H3. The zero-order chi connectivity index (χ0) is 13.1. The van der Waals surface area contributed by atoms with E-state index in [9.17, 15) is 0 Å². The summed E-state index contributed by atoms with van der Waals surface area (Å²) >= 11 is 0. The van der Waals surface area contributed by atoms with Crippen LogP contribution in [0.25, 0.3) is 0 Å². The van der Waals surface area contributed by atoms with Crippen molar-refractivity contribution in [2.45, 2.75) is 51.9 Å². The average Bonchev–Trinajstić information content (AvgIpc) is 2.31. The molecule has 1 rings (SSSR count). The molecule has 0 heterocycles. The van der Waals surface area contributed by atoms with Crippen molar-refractivity contribution in [3.8, 4) is 0 Å². The van der Waals surface area contributed by atoms with Gasteiger partial charge in [0, 0.05) is 0 Å². The highest BCUT2D eigenvalue weighted by atomic mass is 16.5. The predicted molar refractivity (Wildman–Crippen MR) is 69.4 cm³/mol. The fourth-order valence-electron chi connectivity index (χ4n) is 1.31. The smallest absolute Gasteiger partial charge is 0.151 e. The molecule has 98 valence electrons. The van der Waals surface area contributed by atoms with Crippen LogP contribution in [0.1, 0.15) is 51.2 Å². The number of aliphatic hydroxyl groups is 3. The molecule has 1 atom stereocenters. The molecule has 0 aromatic heterocycles. The summed E-state index contributed by atoms with van der Waals surface area (Å²) < 4.78 is 0. The van der Waals surface area contributed by atoms with Crippen molar-refractivity contribution in [1.82, 2.24) is 0 Å². The van der Waals surface area contributed by atoms with Crippen molar-refractivity contribution >= 4 is 0 Å². The maximum atomic E-state index is 9.02. The quantitative estimate of drug-likeness (QED) is 0.547. The molecule has 0 fully saturated rings. The van der Waals surface area contributed by atoms with E-state index >= 15 is 0 Å². The lowest BCUT2D eigenvalue weighted by Gasteiger charge is -2.00. The third-order valence-corrected chi connectivity index (χ3v) is 2.35. The van der Waals surface area contributed by atoms with E-state index in [2.05, 4.69) is 6.92 Å². The van der Waals surface area contributed by atoms with Gasteiger partial charge in [0.25, 0.3) is 0 Å². The van der Waals surface area contributed by atoms with Crippen LogP contribution in [0.5, 0.6) is 0 Å². The fraction of sp³-hybridized carbons (Fsp3) is 0.571. The summed E-state index contributed by atoms with van der Waals surface area (Å²) in [5.41, 5.74) is 0.970. The maximum Gasteiger partial charge on any atom is 0.151 e. The maximum absolute atomic E-state index is 9.02. The van der Waals surface area contributed by atoms with Gasteiger partial charge in [0.15, 0.2) is 6.29 Å². The van der Waals surface area contributed by atoms with Crippen LogP contribution in [0.2, 0.25) is 0 Å². The highest BCUT2D eigenvalue weighted by Gasteiger charge is 1.95. The molecule has 0 bridgehead atoms. The molecule has 0 spiro atoms. The van der Waals surface area contributed by atoms with Crippen LogP contribution >= 0.6 is 0 Å². The van der Waals surface area contributed by atoms with E-state index in [0.717, 1.165) is 24.8 Å². The number of unbranched alkanes of at least 4 members (excludes halogenated alkanes) is 2. The summed E-state index contributed by atoms with van der Waals surface area (Å²) in [5.74, 6) is 0. The molecule has 1 aromatic carbocycles. The van der Waals surface area contributed by atoms with Crippen LogP contribution in [0.4, 0.5) is 0 Å². The Labute approximate surface area is 104 Å². The molecule has 3 N–H and O–H groups in total. The molecule has 1 aromatic rings. The van der Waals surface area contributed by atoms with E-state index < -0.39 is 6.29 Å². The Balaban J connectivity index is 0.000000304. The zero-order valence-electron chi connectivity index (χ0n) is 10.7. The van der Waals surface area contributed by atoms with Crippen molar-refractivity contribution in [3.63, 3.8) is 0 Å². The molecule has 3 nitrogen and oxygen atoms in total. The number of hydrogen-bond donors (Lipinski definition) is 3. The minimum absolute atomic E-state index is 0.341. The van der Waals surface area contributed by atoms with Gasteiger partial charge in [0.1, 0.15) is 0 Å². The molecule has 1 unspecified atom stereocenters. The van der Waals surface area contributed by atoms with Gasteiger partial charge >= 0.3 is 0 Å². The van der Waals surface area contributed by atoms with Crippen molar-refractivity contribution in [2.75, 3.05) is 0 Å². The Kier molecular flexibility index (Phi) is 9.72. The lowest BCUT2D eigenvalue weighted by atomic mass is 10.1. The minimum atomic E-state index is -1.10. The molecule has 0 saturated heterocycles. The van der Waals surface area contributed by atoms with Crippen molar-refractivity contribution < 1.29 is 15.3 Å². The summed E-state index contributed by atoms with van der Waals surface area (Å²) in [4.78, 5) is 0. The first-order valence-corrected chi connectivity index (χ1v) is 6.17. The normalized spacial score (nSPS) is 11.9. The largest absolute Gasteiger partial charge is 0.389 e. The molecule has 0 saturated carbocycles. The topological polar surface area (TPSA) is 60.7 Å². The van der Waals surface area contributed by atoms with Crippen LogP contribution in [0.3, 0.4) is 0 Å². The molecule has 3 heteroatoms. The van der Waals surface area contributed by atoms with Gasteiger partial charge < -0.3 is 15.3 Å². The molecular formula is C14H24O3. The van der Waals surface area contributed by atoms with Crippen molar-refractivity contribution in [3.05, 3.63) is 35.9 Å². The van der Waals surface area contributed by atoms with Crippen molar-refractivity contribution in [1.29, 1.82) is 0 Å². The van der Waals surface area contributed by atoms with Gasteiger partial charge in [-0.1, -0.05) is 50.1 Å². The van der Waals surface area contributed by atoms with Crippen LogP contribution in [-0.2, 0) is 0 Å². The average molecular weight is 240 g/mol. The monoisotopic (exact) mass is 240 g/mol. The third kappa shape index (κ3) is 10.00. The first-order chi connectivity index (χ1) is 8.07. The van der Waals surface area contributed by atoms with E-state index in [-0.39, 0.29) is 6.10 Å². The lowest BCUT2D eigenvalue weighted by Crippen LogP contribution is -2.02. The van der Waals surface area contributed by atoms with Crippen LogP contribution < -0.4 is 0 Å². The minimum Gasteiger partial charge on any atom is -0.389 e. The van der Waals surface area contributed by atoms with Gasteiger partial charge in [-0.3, -0.25) is 0 Å². The van der Waals surface area contributed by atoms with E-state index in [0.29, 0.717) is 6.42 Å². The van der Waals surface area contributed by atoms with Crippen molar-refractivity contribution in [2.24, 2.45) is 0 Å². The SMILES string of the molecule is CC(O)c1ccccc1.CCCCCC(O)O. The number of hydrogen-bond acceptors (Lipinski definition) is 3. The first kappa shape index (κ1) is 16.1. The molecule has 0 radical (unpaired) electrons. The summed E-state index contributed by atoms with van der Waals surface area (Å²) in [7, 11) is 0. The summed E-state index contributed by atoms with van der Waals surface area (Å²) in [5, 5.41) is 25.7. The van der Waals surface area contributed by atoms with Gasteiger partial charge in [-0.05, 0) is 25.3 Å². The molecule has 17 heavy (non-hydrogen) atoms. The summed E-state index contributed by atoms with van der Waals surface area (Å²) in [6.07, 6.45) is 2.24. The number of benzene rings is 1. The Hall–Kier alpha value is -0.900.